The molecular weight excluding hydrogens is 450 g/mol. The van der Waals surface area contributed by atoms with Crippen LogP contribution < -0.4 is 9.62 Å². The molecule has 0 saturated carbocycles. The van der Waals surface area contributed by atoms with E-state index in [1.54, 1.807) is 24.1 Å². The van der Waals surface area contributed by atoms with Gasteiger partial charge in [-0.1, -0.05) is 55.8 Å². The van der Waals surface area contributed by atoms with E-state index < -0.39 is 16.1 Å². The van der Waals surface area contributed by atoms with E-state index in [9.17, 15) is 18.0 Å². The van der Waals surface area contributed by atoms with Crippen LogP contribution >= 0.6 is 0 Å². The maximum Gasteiger partial charge on any atom is 0.242 e. The van der Waals surface area contributed by atoms with Crippen LogP contribution in [0.2, 0.25) is 0 Å². The quantitative estimate of drug-likeness (QED) is 0.495. The molecule has 2 rings (SSSR count). The summed E-state index contributed by atoms with van der Waals surface area (Å²) in [4.78, 5) is 27.4. The molecule has 2 aromatic carbocycles. The fraction of sp³-hybridized carbons (Fsp3) is 0.462. The van der Waals surface area contributed by atoms with Gasteiger partial charge in [0.25, 0.3) is 0 Å². The zero-order valence-electron chi connectivity index (χ0n) is 20.9. The Hall–Kier alpha value is -2.87. The predicted octanol–water partition coefficient (Wildman–Crippen LogP) is 3.66. The van der Waals surface area contributed by atoms with E-state index in [1.807, 2.05) is 57.2 Å². The van der Waals surface area contributed by atoms with Gasteiger partial charge in [0.15, 0.2) is 0 Å². The molecule has 2 aromatic rings. The number of nitrogens with one attached hydrogen (secondary N) is 1. The summed E-state index contributed by atoms with van der Waals surface area (Å²) in [6.07, 6.45) is 3.00. The van der Waals surface area contributed by atoms with E-state index in [0.29, 0.717) is 25.1 Å². The number of amides is 2. The van der Waals surface area contributed by atoms with Gasteiger partial charge in [-0.3, -0.25) is 13.9 Å². The number of anilines is 1. The summed E-state index contributed by atoms with van der Waals surface area (Å²) in [7, 11) is -1.94. The average Bonchev–Trinajstić information content (AvgIpc) is 2.80. The van der Waals surface area contributed by atoms with Crippen molar-refractivity contribution in [3.8, 4) is 0 Å². The Morgan fingerprint density at radius 2 is 1.71 bits per heavy atom. The van der Waals surface area contributed by atoms with Crippen molar-refractivity contribution in [1.29, 1.82) is 0 Å². The molecule has 1 atom stereocenters. The third-order valence-electron chi connectivity index (χ3n) is 5.85. The van der Waals surface area contributed by atoms with Crippen molar-refractivity contribution in [2.45, 2.75) is 59.0 Å². The molecule has 8 heteroatoms. The fourth-order valence-corrected chi connectivity index (χ4v) is 4.96. The topological polar surface area (TPSA) is 86.8 Å². The Labute approximate surface area is 204 Å². The van der Waals surface area contributed by atoms with Crippen LogP contribution in [-0.4, -0.2) is 51.0 Å². The smallest absolute Gasteiger partial charge is 0.242 e. The van der Waals surface area contributed by atoms with Gasteiger partial charge >= 0.3 is 0 Å². The van der Waals surface area contributed by atoms with Crippen molar-refractivity contribution in [2.75, 3.05) is 24.2 Å². The second-order valence-corrected chi connectivity index (χ2v) is 10.4. The first-order chi connectivity index (χ1) is 16.1. The predicted molar refractivity (Wildman–Crippen MR) is 137 cm³/mol. The second-order valence-electron chi connectivity index (χ2n) is 8.51. The minimum atomic E-state index is -3.50. The van der Waals surface area contributed by atoms with Gasteiger partial charge in [-0.25, -0.2) is 8.42 Å². The summed E-state index contributed by atoms with van der Waals surface area (Å²) >= 11 is 0. The molecule has 1 unspecified atom stereocenters. The third kappa shape index (κ3) is 7.58. The summed E-state index contributed by atoms with van der Waals surface area (Å²) in [6.45, 7) is 6.41. The highest BCUT2D eigenvalue weighted by Crippen LogP contribution is 2.20. The van der Waals surface area contributed by atoms with Gasteiger partial charge in [-0.2, -0.15) is 0 Å². The second kappa shape index (κ2) is 12.6. The first-order valence-electron chi connectivity index (χ1n) is 11.7. The third-order valence-corrected chi connectivity index (χ3v) is 7.05. The van der Waals surface area contributed by atoms with Crippen LogP contribution in [0.1, 0.15) is 49.8 Å². The molecule has 0 spiro atoms. The van der Waals surface area contributed by atoms with Crippen molar-refractivity contribution in [2.24, 2.45) is 0 Å². The zero-order chi connectivity index (χ0) is 25.3. The molecule has 7 nitrogen and oxygen atoms in total. The number of carbonyl (C=O) groups is 2. The van der Waals surface area contributed by atoms with Crippen LogP contribution in [-0.2, 0) is 32.6 Å². The lowest BCUT2D eigenvalue weighted by Gasteiger charge is -2.31. The Bertz CT molecular complexity index is 1070. The lowest BCUT2D eigenvalue weighted by Crippen LogP contribution is -2.48. The van der Waals surface area contributed by atoms with Crippen LogP contribution in [0.5, 0.6) is 0 Å². The lowest BCUT2D eigenvalue weighted by molar-refractivity contribution is -0.141. The molecule has 0 bridgehead atoms. The van der Waals surface area contributed by atoms with E-state index in [-0.39, 0.29) is 24.8 Å². The molecule has 0 aliphatic rings. The summed E-state index contributed by atoms with van der Waals surface area (Å²) in [5, 5.41) is 2.65. The number of hydrogen-bond acceptors (Lipinski definition) is 4. The Kier molecular flexibility index (Phi) is 10.1. The minimum Gasteiger partial charge on any atom is -0.357 e. The van der Waals surface area contributed by atoms with E-state index in [4.69, 9.17) is 0 Å². The molecule has 0 saturated heterocycles. The summed E-state index contributed by atoms with van der Waals surface area (Å²) in [5.41, 5.74) is 3.74. The zero-order valence-corrected chi connectivity index (χ0v) is 21.7. The van der Waals surface area contributed by atoms with Crippen molar-refractivity contribution in [3.63, 3.8) is 0 Å². The molecule has 0 aliphatic heterocycles. The minimum absolute atomic E-state index is 0.137. The number of aryl methyl sites for hydroxylation is 2. The van der Waals surface area contributed by atoms with Gasteiger partial charge in [-0.05, 0) is 49.4 Å². The van der Waals surface area contributed by atoms with Crippen LogP contribution in [0, 0.1) is 6.92 Å². The van der Waals surface area contributed by atoms with Gasteiger partial charge < -0.3 is 10.2 Å². The molecule has 34 heavy (non-hydrogen) atoms. The summed E-state index contributed by atoms with van der Waals surface area (Å²) in [6, 6.07) is 14.7. The highest BCUT2D eigenvalue weighted by atomic mass is 32.2. The number of likely N-dealkylation sites (N-methyl/N-ethyl adjacent to an activating group) is 1. The number of sulfonamides is 1. The molecule has 0 aromatic heterocycles. The van der Waals surface area contributed by atoms with Crippen molar-refractivity contribution in [1.82, 2.24) is 10.2 Å². The molecule has 2 amide bonds. The van der Waals surface area contributed by atoms with Crippen molar-refractivity contribution < 1.29 is 18.0 Å². The van der Waals surface area contributed by atoms with Crippen molar-refractivity contribution in [3.05, 3.63) is 65.2 Å². The van der Waals surface area contributed by atoms with Gasteiger partial charge in [0.1, 0.15) is 6.04 Å². The Morgan fingerprint density at radius 1 is 1.03 bits per heavy atom. The lowest BCUT2D eigenvalue weighted by atomic mass is 10.1. The van der Waals surface area contributed by atoms with Gasteiger partial charge in [0.05, 0.1) is 11.9 Å². The highest BCUT2D eigenvalue weighted by Gasteiger charge is 2.28. The highest BCUT2D eigenvalue weighted by molar-refractivity contribution is 7.92. The Balaban J connectivity index is 2.18. The number of nitrogens with zero attached hydrogens (tertiary/aromatic N) is 2. The SMILES string of the molecule is CCc1ccc(N(CCCC(=O)N(Cc2cccc(C)c2)C(CC)C(=O)NC)S(C)(=O)=O)cc1. The molecular formula is C26H37N3O4S. The molecule has 0 heterocycles. The monoisotopic (exact) mass is 487 g/mol. The molecule has 0 aliphatic carbocycles. The maximum absolute atomic E-state index is 13.3. The number of rotatable bonds is 12. The molecule has 1 N–H and O–H groups in total. The average molecular weight is 488 g/mol. The van der Waals surface area contributed by atoms with Crippen LogP contribution in [0.3, 0.4) is 0 Å². The van der Waals surface area contributed by atoms with E-state index in [1.165, 1.54) is 10.6 Å². The van der Waals surface area contributed by atoms with Gasteiger partial charge in [-0.15, -0.1) is 0 Å². The van der Waals surface area contributed by atoms with E-state index >= 15 is 0 Å². The number of hydrogen-bond donors (Lipinski definition) is 1. The van der Waals surface area contributed by atoms with Crippen LogP contribution in [0.15, 0.2) is 48.5 Å². The van der Waals surface area contributed by atoms with E-state index in [2.05, 4.69) is 5.32 Å². The maximum atomic E-state index is 13.3. The molecule has 186 valence electrons. The van der Waals surface area contributed by atoms with Gasteiger partial charge in [0, 0.05) is 26.6 Å². The normalized spacial score (nSPS) is 12.1. The largest absolute Gasteiger partial charge is 0.357 e. The first-order valence-corrected chi connectivity index (χ1v) is 13.6. The molecule has 0 radical (unpaired) electrons. The van der Waals surface area contributed by atoms with Gasteiger partial charge in [0.2, 0.25) is 21.8 Å². The fourth-order valence-electron chi connectivity index (χ4n) is 4.00. The molecule has 0 fully saturated rings. The van der Waals surface area contributed by atoms with Crippen LogP contribution in [0.4, 0.5) is 5.69 Å². The number of carbonyl (C=O) groups excluding carboxylic acids is 2. The standard InChI is InChI=1S/C26H37N3O4S/c1-6-21-13-15-23(16-14-21)29(34(5,32)33)17-9-12-25(30)28(24(7-2)26(31)27-4)19-22-11-8-10-20(3)18-22/h8,10-11,13-16,18,24H,6-7,9,12,17,19H2,1-5H3,(H,27,31). The van der Waals surface area contributed by atoms with Crippen LogP contribution in [0.25, 0.3) is 0 Å². The Morgan fingerprint density at radius 3 is 2.24 bits per heavy atom. The first kappa shape index (κ1) is 27.4. The summed E-state index contributed by atoms with van der Waals surface area (Å²) in [5.74, 6) is -0.385. The van der Waals surface area contributed by atoms with E-state index in [0.717, 1.165) is 23.1 Å². The van der Waals surface area contributed by atoms with Crippen molar-refractivity contribution >= 4 is 27.5 Å². The summed E-state index contributed by atoms with van der Waals surface area (Å²) < 4.78 is 26.2. The number of benzene rings is 2.